The van der Waals surface area contributed by atoms with Gasteiger partial charge in [-0.15, -0.1) is 0 Å². The van der Waals surface area contributed by atoms with Crippen molar-refractivity contribution in [2.24, 2.45) is 0 Å². The molecule has 3 rings (SSSR count). The fraction of sp³-hybridized carbons (Fsp3) is 0.444. The molecular formula is C18H22N4O4. The van der Waals surface area contributed by atoms with E-state index in [4.69, 9.17) is 4.74 Å². The largest absolute Gasteiger partial charge is 0.464 e. The van der Waals surface area contributed by atoms with Crippen LogP contribution in [0.15, 0.2) is 24.5 Å². The van der Waals surface area contributed by atoms with E-state index in [0.717, 1.165) is 16.9 Å². The maximum absolute atomic E-state index is 12.3. The number of methoxy groups -OCH3 is 1. The molecule has 0 saturated carbocycles. The van der Waals surface area contributed by atoms with Crippen molar-refractivity contribution < 1.29 is 19.1 Å². The van der Waals surface area contributed by atoms with Crippen LogP contribution >= 0.6 is 0 Å². The SMILES string of the molecule is COC(=O)c1ccc(-n2cc3c(n2)CCN(C(=O)OC(C)(C)C)C3)cn1. The third-order valence-corrected chi connectivity index (χ3v) is 3.92. The summed E-state index contributed by atoms with van der Waals surface area (Å²) in [5, 5.41) is 4.57. The lowest BCUT2D eigenvalue weighted by atomic mass is 10.1. The van der Waals surface area contributed by atoms with Crippen molar-refractivity contribution in [1.29, 1.82) is 0 Å². The average Bonchev–Trinajstić information content (AvgIpc) is 3.03. The summed E-state index contributed by atoms with van der Waals surface area (Å²) < 4.78 is 11.8. The van der Waals surface area contributed by atoms with Gasteiger partial charge in [-0.3, -0.25) is 0 Å². The topological polar surface area (TPSA) is 86.6 Å². The van der Waals surface area contributed by atoms with Crippen molar-refractivity contribution in [1.82, 2.24) is 19.7 Å². The Hall–Kier alpha value is -2.90. The van der Waals surface area contributed by atoms with Crippen LogP contribution in [-0.2, 0) is 22.4 Å². The molecular weight excluding hydrogens is 336 g/mol. The summed E-state index contributed by atoms with van der Waals surface area (Å²) in [4.78, 5) is 29.5. The monoisotopic (exact) mass is 358 g/mol. The van der Waals surface area contributed by atoms with Gasteiger partial charge in [0, 0.05) is 24.7 Å². The summed E-state index contributed by atoms with van der Waals surface area (Å²) in [7, 11) is 1.32. The highest BCUT2D eigenvalue weighted by Crippen LogP contribution is 2.21. The third-order valence-electron chi connectivity index (χ3n) is 3.92. The first-order valence-corrected chi connectivity index (χ1v) is 8.37. The van der Waals surface area contributed by atoms with E-state index < -0.39 is 11.6 Å². The van der Waals surface area contributed by atoms with Gasteiger partial charge in [0.25, 0.3) is 0 Å². The molecule has 0 aliphatic carbocycles. The summed E-state index contributed by atoms with van der Waals surface area (Å²) >= 11 is 0. The molecule has 0 fully saturated rings. The van der Waals surface area contributed by atoms with Crippen LogP contribution in [0.5, 0.6) is 0 Å². The van der Waals surface area contributed by atoms with Crippen LogP contribution in [0.4, 0.5) is 4.79 Å². The smallest absolute Gasteiger partial charge is 0.410 e. The van der Waals surface area contributed by atoms with Crippen molar-refractivity contribution in [2.45, 2.75) is 39.3 Å². The van der Waals surface area contributed by atoms with E-state index in [1.54, 1.807) is 27.9 Å². The van der Waals surface area contributed by atoms with E-state index in [1.807, 2.05) is 27.0 Å². The summed E-state index contributed by atoms with van der Waals surface area (Å²) in [6.45, 7) is 6.58. The molecule has 0 radical (unpaired) electrons. The molecule has 8 heteroatoms. The number of carbonyl (C=O) groups is 2. The first kappa shape index (κ1) is 17.9. The Morgan fingerprint density at radius 1 is 1.23 bits per heavy atom. The van der Waals surface area contributed by atoms with Crippen molar-refractivity contribution in [2.75, 3.05) is 13.7 Å². The van der Waals surface area contributed by atoms with Gasteiger partial charge in [0.15, 0.2) is 0 Å². The lowest BCUT2D eigenvalue weighted by molar-refractivity contribution is 0.0223. The molecule has 0 atom stereocenters. The van der Waals surface area contributed by atoms with Gasteiger partial charge in [0.2, 0.25) is 0 Å². The Balaban J connectivity index is 1.75. The number of hydrogen-bond acceptors (Lipinski definition) is 6. The molecule has 1 aliphatic rings. The zero-order valence-electron chi connectivity index (χ0n) is 15.4. The molecule has 1 amide bonds. The molecule has 0 bridgehead atoms. The molecule has 0 unspecified atom stereocenters. The van der Waals surface area contributed by atoms with Crippen LogP contribution in [0.25, 0.3) is 5.69 Å². The molecule has 0 aromatic carbocycles. The van der Waals surface area contributed by atoms with Crippen LogP contribution in [0.1, 0.15) is 42.5 Å². The van der Waals surface area contributed by atoms with Crippen molar-refractivity contribution in [3.63, 3.8) is 0 Å². The predicted molar refractivity (Wildman–Crippen MR) is 93.0 cm³/mol. The fourth-order valence-electron chi connectivity index (χ4n) is 2.67. The zero-order valence-corrected chi connectivity index (χ0v) is 15.4. The fourth-order valence-corrected chi connectivity index (χ4v) is 2.67. The second-order valence-electron chi connectivity index (χ2n) is 7.09. The molecule has 138 valence electrons. The van der Waals surface area contributed by atoms with E-state index in [9.17, 15) is 9.59 Å². The lowest BCUT2D eigenvalue weighted by Crippen LogP contribution is -2.39. The first-order chi connectivity index (χ1) is 12.3. The number of rotatable bonds is 2. The van der Waals surface area contributed by atoms with E-state index in [0.29, 0.717) is 19.5 Å². The Labute approximate surface area is 151 Å². The van der Waals surface area contributed by atoms with Crippen molar-refractivity contribution in [3.05, 3.63) is 41.5 Å². The molecule has 26 heavy (non-hydrogen) atoms. The highest BCUT2D eigenvalue weighted by molar-refractivity contribution is 5.87. The molecule has 2 aromatic heterocycles. The number of ether oxygens (including phenoxy) is 2. The van der Waals surface area contributed by atoms with E-state index in [2.05, 4.69) is 14.8 Å². The van der Waals surface area contributed by atoms with Gasteiger partial charge in [-0.1, -0.05) is 0 Å². The van der Waals surface area contributed by atoms with Gasteiger partial charge in [-0.2, -0.15) is 5.10 Å². The highest BCUT2D eigenvalue weighted by Gasteiger charge is 2.27. The summed E-state index contributed by atoms with van der Waals surface area (Å²) in [6, 6.07) is 3.35. The molecule has 0 saturated heterocycles. The average molecular weight is 358 g/mol. The van der Waals surface area contributed by atoms with Gasteiger partial charge in [-0.25, -0.2) is 19.3 Å². The van der Waals surface area contributed by atoms with E-state index in [1.165, 1.54) is 7.11 Å². The first-order valence-electron chi connectivity index (χ1n) is 8.37. The number of pyridine rings is 1. The number of aromatic nitrogens is 3. The van der Waals surface area contributed by atoms with E-state index >= 15 is 0 Å². The number of hydrogen-bond donors (Lipinski definition) is 0. The normalized spacial score (nSPS) is 13.9. The van der Waals surface area contributed by atoms with Crippen LogP contribution in [0, 0.1) is 0 Å². The lowest BCUT2D eigenvalue weighted by Gasteiger charge is -2.29. The maximum Gasteiger partial charge on any atom is 0.410 e. The van der Waals surface area contributed by atoms with E-state index in [-0.39, 0.29) is 11.8 Å². The molecule has 2 aromatic rings. The Morgan fingerprint density at radius 2 is 2.00 bits per heavy atom. The van der Waals surface area contributed by atoms with Crippen molar-refractivity contribution >= 4 is 12.1 Å². The van der Waals surface area contributed by atoms with Gasteiger partial charge in [0.1, 0.15) is 11.3 Å². The van der Waals surface area contributed by atoms with Gasteiger partial charge in [0.05, 0.1) is 31.2 Å². The molecule has 0 N–H and O–H groups in total. The summed E-state index contributed by atoms with van der Waals surface area (Å²) in [5.41, 5.74) is 2.37. The van der Waals surface area contributed by atoms with Crippen LogP contribution < -0.4 is 0 Å². The summed E-state index contributed by atoms with van der Waals surface area (Å²) in [6.07, 6.45) is 3.78. The Bertz CT molecular complexity index is 821. The minimum Gasteiger partial charge on any atom is -0.464 e. The van der Waals surface area contributed by atoms with Crippen molar-refractivity contribution in [3.8, 4) is 5.69 Å². The van der Waals surface area contributed by atoms with Crippen LogP contribution in [0.2, 0.25) is 0 Å². The second kappa shape index (κ2) is 6.78. The third kappa shape index (κ3) is 3.84. The minimum atomic E-state index is -0.519. The summed E-state index contributed by atoms with van der Waals surface area (Å²) in [5.74, 6) is -0.482. The minimum absolute atomic E-state index is 0.240. The second-order valence-corrected chi connectivity index (χ2v) is 7.09. The molecule has 0 spiro atoms. The number of amides is 1. The highest BCUT2D eigenvalue weighted by atomic mass is 16.6. The Kier molecular flexibility index (Phi) is 4.67. The number of fused-ring (bicyclic) bond motifs is 1. The predicted octanol–water partition coefficient (Wildman–Crippen LogP) is 2.35. The van der Waals surface area contributed by atoms with Gasteiger partial charge < -0.3 is 14.4 Å². The Morgan fingerprint density at radius 3 is 2.62 bits per heavy atom. The molecule has 1 aliphatic heterocycles. The number of carbonyl (C=O) groups excluding carboxylic acids is 2. The maximum atomic E-state index is 12.3. The number of esters is 1. The number of nitrogens with zero attached hydrogens (tertiary/aromatic N) is 4. The molecule has 8 nitrogen and oxygen atoms in total. The van der Waals surface area contributed by atoms with Crippen LogP contribution in [-0.4, -0.2) is 51.0 Å². The molecule has 3 heterocycles. The van der Waals surface area contributed by atoms with Gasteiger partial charge >= 0.3 is 12.1 Å². The zero-order chi connectivity index (χ0) is 18.9. The standard InChI is InChI=1S/C18H22N4O4/c1-18(2,3)26-17(24)21-8-7-14-12(10-21)11-22(20-14)13-5-6-15(19-9-13)16(23)25-4/h5-6,9,11H,7-8,10H2,1-4H3. The quantitative estimate of drug-likeness (QED) is 0.766. The van der Waals surface area contributed by atoms with Crippen LogP contribution in [0.3, 0.4) is 0 Å². The van der Waals surface area contributed by atoms with Gasteiger partial charge in [-0.05, 0) is 32.9 Å².